The van der Waals surface area contributed by atoms with E-state index in [-0.39, 0.29) is 48.9 Å². The highest BCUT2D eigenvalue weighted by atomic mass is 35.5. The summed E-state index contributed by atoms with van der Waals surface area (Å²) in [5.74, 6) is -1.94. The molecule has 4 amide bonds. The molecule has 2 aromatic carbocycles. The topological polar surface area (TPSA) is 172 Å². The molecule has 15 heteroatoms. The maximum Gasteiger partial charge on any atom is 0.408 e. The number of aromatic nitrogens is 3. The van der Waals surface area contributed by atoms with Crippen LogP contribution in [-0.4, -0.2) is 68.5 Å². The van der Waals surface area contributed by atoms with Crippen molar-refractivity contribution in [2.45, 2.75) is 97.9 Å². The fourth-order valence-electron chi connectivity index (χ4n) is 6.80. The predicted octanol–water partition coefficient (Wildman–Crippen LogP) is 6.93. The van der Waals surface area contributed by atoms with Gasteiger partial charge in [-0.25, -0.2) is 4.79 Å². The minimum atomic E-state index is -1.50. The molecule has 4 N–H and O–H groups in total. The lowest BCUT2D eigenvalue weighted by molar-refractivity contribution is -0.136. The van der Waals surface area contributed by atoms with Crippen LogP contribution in [0.4, 0.5) is 4.79 Å². The monoisotopic (exact) mass is 781 g/mol. The lowest BCUT2D eigenvalue weighted by Gasteiger charge is -2.39. The molecule has 0 radical (unpaired) electrons. The van der Waals surface area contributed by atoms with Crippen molar-refractivity contribution in [2.75, 3.05) is 13.1 Å². The van der Waals surface area contributed by atoms with E-state index in [1.54, 1.807) is 17.0 Å². The number of amides is 4. The average molecular weight is 783 g/mol. The van der Waals surface area contributed by atoms with Gasteiger partial charge >= 0.3 is 6.09 Å². The Kier molecular flexibility index (Phi) is 13.3. The summed E-state index contributed by atoms with van der Waals surface area (Å²) in [6.45, 7) is 12.3. The molecule has 0 aliphatic heterocycles. The minimum absolute atomic E-state index is 0.0250. The van der Waals surface area contributed by atoms with Crippen LogP contribution in [0.15, 0.2) is 47.0 Å². The molecule has 5 rings (SSSR count). The van der Waals surface area contributed by atoms with Gasteiger partial charge in [0.15, 0.2) is 0 Å². The highest BCUT2D eigenvalue weighted by Gasteiger charge is 2.47. The number of rotatable bonds is 15. The van der Waals surface area contributed by atoms with Crippen LogP contribution in [-0.2, 0) is 33.8 Å². The van der Waals surface area contributed by atoms with E-state index in [1.165, 1.54) is 0 Å². The molecule has 4 aromatic rings. The number of ether oxygens (including phenoxy) is 1. The number of benzene rings is 2. The number of hydrogen-bond donors (Lipinski definition) is 4. The van der Waals surface area contributed by atoms with E-state index in [9.17, 15) is 19.2 Å². The molecule has 290 valence electrons. The molecule has 2 aromatic heterocycles. The predicted molar refractivity (Wildman–Crippen MR) is 206 cm³/mol. The number of aromatic amines is 1. The Bertz CT molecular complexity index is 1960. The van der Waals surface area contributed by atoms with Crippen LogP contribution in [0.2, 0.25) is 10.0 Å². The Morgan fingerprint density at radius 2 is 1.70 bits per heavy atom. The lowest BCUT2D eigenvalue weighted by Crippen LogP contribution is -2.65. The Hall–Kier alpha value is -4.62. The van der Waals surface area contributed by atoms with Crippen molar-refractivity contribution in [3.63, 3.8) is 0 Å². The maximum absolute atomic E-state index is 14.9. The molecule has 0 fully saturated rings. The van der Waals surface area contributed by atoms with E-state index in [4.69, 9.17) is 32.5 Å². The molecule has 5 atom stereocenters. The highest BCUT2D eigenvalue weighted by Crippen LogP contribution is 2.39. The highest BCUT2D eigenvalue weighted by molar-refractivity contribution is 6.38. The third kappa shape index (κ3) is 8.84. The van der Waals surface area contributed by atoms with Crippen molar-refractivity contribution in [1.82, 2.24) is 36.0 Å². The number of hydrogen-bond acceptors (Lipinski definition) is 8. The van der Waals surface area contributed by atoms with Crippen LogP contribution < -0.4 is 16.0 Å². The number of nitrogens with one attached hydrogen (secondary N) is 4. The van der Waals surface area contributed by atoms with Crippen molar-refractivity contribution in [3.8, 4) is 0 Å². The molecule has 0 saturated carbocycles. The third-order valence-electron chi connectivity index (χ3n) is 10.5. The number of nitrogens with zero attached hydrogens (tertiary/aromatic N) is 3. The van der Waals surface area contributed by atoms with Crippen LogP contribution in [0, 0.1) is 11.8 Å². The van der Waals surface area contributed by atoms with Crippen LogP contribution >= 0.6 is 23.2 Å². The van der Waals surface area contributed by atoms with Gasteiger partial charge in [0, 0.05) is 35.6 Å². The lowest BCUT2D eigenvalue weighted by atomic mass is 9.78. The fraction of sp³-hybridized carbons (Fsp3) is 0.487. The molecule has 2 heterocycles. The molecule has 0 spiro atoms. The van der Waals surface area contributed by atoms with Gasteiger partial charge in [-0.3, -0.25) is 14.4 Å². The summed E-state index contributed by atoms with van der Waals surface area (Å²) in [5.41, 5.74) is 1.65. The molecule has 54 heavy (non-hydrogen) atoms. The number of H-pyrrole nitrogens is 1. The van der Waals surface area contributed by atoms with Crippen LogP contribution in [0.5, 0.6) is 0 Å². The van der Waals surface area contributed by atoms with E-state index in [0.29, 0.717) is 47.9 Å². The zero-order valence-electron chi connectivity index (χ0n) is 31.6. The summed E-state index contributed by atoms with van der Waals surface area (Å²) in [7, 11) is 0. The Balaban J connectivity index is 1.49. The van der Waals surface area contributed by atoms with Gasteiger partial charge in [-0.1, -0.05) is 99.2 Å². The molecular formula is C39H49Cl2N7O6. The summed E-state index contributed by atoms with van der Waals surface area (Å²) in [6, 6.07) is 10.9. The first kappa shape index (κ1) is 40.6. The second-order valence-electron chi connectivity index (χ2n) is 14.0. The van der Waals surface area contributed by atoms with Crippen molar-refractivity contribution >= 4 is 57.9 Å². The Morgan fingerprint density at radius 3 is 2.37 bits per heavy atom. The van der Waals surface area contributed by atoms with Crippen molar-refractivity contribution in [3.05, 3.63) is 81.0 Å². The van der Waals surface area contributed by atoms with E-state index in [2.05, 4.69) is 31.1 Å². The van der Waals surface area contributed by atoms with Crippen LogP contribution in [0.3, 0.4) is 0 Å². The number of carbonyl (C=O) groups excluding carboxylic acids is 4. The standard InChI is InChI=1S/C39H49Cl2N7O6/c1-7-22(5)30(44-38(52)53-21-24-14-12-11-13-15-24)34(49)46-39(17-16-29-27(20-39)26-18-25(40)19-28(41)32(26)42-29)37(51)43-31(23(6)8-2)35-45-33(47-54-35)36(50)48(9-3)10-4/h11-15,18-19,22-23,30-31,42H,7-10,16-17,20-21H2,1-6H3,(H,43,51)(H,44,52)(H,46,49)/t22?,23?,30?,31?,39-/m1/s1. The van der Waals surface area contributed by atoms with Gasteiger partial charge in [-0.05, 0) is 61.8 Å². The largest absolute Gasteiger partial charge is 0.445 e. The van der Waals surface area contributed by atoms with Gasteiger partial charge < -0.3 is 35.1 Å². The van der Waals surface area contributed by atoms with Gasteiger partial charge in [0.05, 0.1) is 10.5 Å². The Labute approximate surface area is 325 Å². The molecule has 0 bridgehead atoms. The van der Waals surface area contributed by atoms with Crippen molar-refractivity contribution in [2.24, 2.45) is 11.8 Å². The summed E-state index contributed by atoms with van der Waals surface area (Å²) >= 11 is 13.0. The second kappa shape index (κ2) is 17.7. The number of alkyl carbamates (subject to hydrolysis) is 1. The molecule has 0 saturated heterocycles. The summed E-state index contributed by atoms with van der Waals surface area (Å²) in [6.07, 6.45) is 1.12. The van der Waals surface area contributed by atoms with Crippen molar-refractivity contribution < 1.29 is 28.4 Å². The fourth-order valence-corrected chi connectivity index (χ4v) is 7.34. The molecule has 1 aliphatic carbocycles. The van der Waals surface area contributed by atoms with E-state index in [1.807, 2.05) is 71.9 Å². The van der Waals surface area contributed by atoms with Crippen molar-refractivity contribution in [1.29, 1.82) is 0 Å². The second-order valence-corrected chi connectivity index (χ2v) is 14.8. The number of halogens is 2. The zero-order valence-corrected chi connectivity index (χ0v) is 33.1. The third-order valence-corrected chi connectivity index (χ3v) is 11.0. The first-order valence-electron chi connectivity index (χ1n) is 18.6. The Morgan fingerprint density at radius 1 is 1.00 bits per heavy atom. The molecule has 13 nitrogen and oxygen atoms in total. The first-order chi connectivity index (χ1) is 25.8. The van der Waals surface area contributed by atoms with E-state index in [0.717, 1.165) is 22.2 Å². The number of fused-ring (bicyclic) bond motifs is 3. The molecule has 1 aliphatic rings. The molecule has 4 unspecified atom stereocenters. The number of aryl methyl sites for hydroxylation is 1. The first-order valence-corrected chi connectivity index (χ1v) is 19.3. The minimum Gasteiger partial charge on any atom is -0.445 e. The van der Waals surface area contributed by atoms with Crippen LogP contribution in [0.1, 0.15) is 100 Å². The average Bonchev–Trinajstić information content (AvgIpc) is 3.80. The SMILES string of the molecule is CCC(C)C(NC(=O)OCc1ccccc1)C(=O)N[C@]1(C(=O)NC(c2nc(C(=O)N(CC)CC)no2)C(C)CC)CCc2[nH]c3c(Cl)cc(Cl)cc3c2C1. The van der Waals surface area contributed by atoms with E-state index < -0.39 is 35.5 Å². The van der Waals surface area contributed by atoms with Gasteiger partial charge in [0.25, 0.3) is 11.7 Å². The maximum atomic E-state index is 14.9. The van der Waals surface area contributed by atoms with E-state index >= 15 is 0 Å². The van der Waals surface area contributed by atoms with Crippen LogP contribution in [0.25, 0.3) is 10.9 Å². The van der Waals surface area contributed by atoms with Gasteiger partial charge in [-0.2, -0.15) is 4.98 Å². The smallest absolute Gasteiger partial charge is 0.408 e. The quantitative estimate of drug-likeness (QED) is 0.101. The normalized spacial score (nSPS) is 17.5. The number of carbonyl (C=O) groups is 4. The van der Waals surface area contributed by atoms with Gasteiger partial charge in [0.1, 0.15) is 24.2 Å². The van der Waals surface area contributed by atoms with Gasteiger partial charge in [-0.15, -0.1) is 0 Å². The zero-order chi connectivity index (χ0) is 39.2. The van der Waals surface area contributed by atoms with Gasteiger partial charge in [0.2, 0.25) is 17.7 Å². The summed E-state index contributed by atoms with van der Waals surface area (Å²) in [4.78, 5) is 64.8. The molecular weight excluding hydrogens is 733 g/mol. The summed E-state index contributed by atoms with van der Waals surface area (Å²) in [5, 5.41) is 14.5. The summed E-state index contributed by atoms with van der Waals surface area (Å²) < 4.78 is 11.1.